The molecule has 0 aliphatic carbocycles. The largest absolute Gasteiger partial charge is 0.497 e. The molecule has 2 amide bonds. The minimum absolute atomic E-state index is 0.198. The minimum atomic E-state index is -0.447. The number of methoxy groups -OCH3 is 1. The number of hydrogen-bond donors (Lipinski definition) is 2. The molecule has 0 aliphatic heterocycles. The molecule has 140 valence electrons. The van der Waals surface area contributed by atoms with Gasteiger partial charge in [0.15, 0.2) is 0 Å². The Labute approximate surface area is 157 Å². The van der Waals surface area contributed by atoms with Crippen molar-refractivity contribution in [3.63, 3.8) is 0 Å². The third-order valence-corrected chi connectivity index (χ3v) is 3.43. The van der Waals surface area contributed by atoms with Crippen LogP contribution in [0, 0.1) is 0 Å². The van der Waals surface area contributed by atoms with Gasteiger partial charge in [0.05, 0.1) is 19.9 Å². The Hall–Kier alpha value is -3.61. The Morgan fingerprint density at radius 2 is 1.89 bits per heavy atom. The molecule has 0 heterocycles. The van der Waals surface area contributed by atoms with Gasteiger partial charge in [0.1, 0.15) is 18.1 Å². The van der Waals surface area contributed by atoms with Gasteiger partial charge in [-0.2, -0.15) is 5.10 Å². The number of carbonyl (C=O) groups is 2. The number of carbonyl (C=O) groups excluding carboxylic acids is 2. The Kier molecular flexibility index (Phi) is 7.59. The first-order valence-corrected chi connectivity index (χ1v) is 8.21. The molecule has 0 unspecified atom stereocenters. The van der Waals surface area contributed by atoms with Crippen LogP contribution in [0.4, 0.5) is 0 Å². The fraction of sp³-hybridized carbons (Fsp3) is 0.150. The van der Waals surface area contributed by atoms with Gasteiger partial charge in [-0.15, -0.1) is 0 Å². The van der Waals surface area contributed by atoms with Crippen LogP contribution in [0.5, 0.6) is 11.5 Å². The van der Waals surface area contributed by atoms with Crippen molar-refractivity contribution in [1.82, 2.24) is 10.7 Å². The van der Waals surface area contributed by atoms with Crippen molar-refractivity contribution in [3.05, 3.63) is 72.3 Å². The standard InChI is InChI=1S/C20H21N3O4/c1-3-12-27-18-7-5-4-6-16(18)13-22-23-19(24)14-21-20(25)15-8-10-17(26-2)11-9-15/h3-11,13H,1,12,14H2,2H3,(H,21,25)(H,23,24)/b22-13+. The number of nitrogens with one attached hydrogen (secondary N) is 2. The van der Waals surface area contributed by atoms with Gasteiger partial charge in [-0.3, -0.25) is 9.59 Å². The highest BCUT2D eigenvalue weighted by molar-refractivity contribution is 5.96. The molecule has 2 rings (SSSR count). The molecular weight excluding hydrogens is 346 g/mol. The predicted octanol–water partition coefficient (Wildman–Crippen LogP) is 2.14. The Morgan fingerprint density at radius 3 is 2.59 bits per heavy atom. The van der Waals surface area contributed by atoms with Crippen LogP contribution in [-0.4, -0.2) is 38.3 Å². The van der Waals surface area contributed by atoms with Crippen molar-refractivity contribution in [2.24, 2.45) is 5.10 Å². The molecule has 7 nitrogen and oxygen atoms in total. The molecule has 27 heavy (non-hydrogen) atoms. The SMILES string of the molecule is C=CCOc1ccccc1/C=N/NC(=O)CNC(=O)c1ccc(OC)cc1. The molecule has 2 aromatic carbocycles. The second kappa shape index (κ2) is 10.4. The molecule has 0 aromatic heterocycles. The minimum Gasteiger partial charge on any atom is -0.497 e. The smallest absolute Gasteiger partial charge is 0.259 e. The average molecular weight is 367 g/mol. The molecule has 0 saturated heterocycles. The maximum absolute atomic E-state index is 12.0. The topological polar surface area (TPSA) is 89.0 Å². The Balaban J connectivity index is 1.82. The lowest BCUT2D eigenvalue weighted by Gasteiger charge is -2.07. The number of benzene rings is 2. The summed E-state index contributed by atoms with van der Waals surface area (Å²) in [4.78, 5) is 23.8. The normalized spacial score (nSPS) is 10.3. The third kappa shape index (κ3) is 6.32. The summed E-state index contributed by atoms with van der Waals surface area (Å²) in [7, 11) is 1.55. The van der Waals surface area contributed by atoms with E-state index in [0.717, 1.165) is 0 Å². The zero-order valence-corrected chi connectivity index (χ0v) is 15.0. The number of nitrogens with zero attached hydrogens (tertiary/aromatic N) is 1. The maximum Gasteiger partial charge on any atom is 0.259 e. The van der Waals surface area contributed by atoms with Crippen LogP contribution >= 0.6 is 0 Å². The third-order valence-electron chi connectivity index (χ3n) is 3.43. The van der Waals surface area contributed by atoms with Gasteiger partial charge in [-0.25, -0.2) is 5.43 Å². The van der Waals surface area contributed by atoms with Crippen LogP contribution < -0.4 is 20.2 Å². The number of amides is 2. The highest BCUT2D eigenvalue weighted by atomic mass is 16.5. The molecule has 2 N–H and O–H groups in total. The van der Waals surface area contributed by atoms with E-state index in [4.69, 9.17) is 9.47 Å². The van der Waals surface area contributed by atoms with Crippen LogP contribution in [0.15, 0.2) is 66.3 Å². The quantitative estimate of drug-likeness (QED) is 0.404. The van der Waals surface area contributed by atoms with E-state index in [2.05, 4.69) is 22.4 Å². The van der Waals surface area contributed by atoms with E-state index in [9.17, 15) is 9.59 Å². The summed E-state index contributed by atoms with van der Waals surface area (Å²) in [5, 5.41) is 6.41. The molecule has 0 bridgehead atoms. The summed E-state index contributed by atoms with van der Waals surface area (Å²) < 4.78 is 10.5. The van der Waals surface area contributed by atoms with Crippen LogP contribution in [0.2, 0.25) is 0 Å². The van der Waals surface area contributed by atoms with Gasteiger partial charge in [0.25, 0.3) is 11.8 Å². The lowest BCUT2D eigenvalue weighted by molar-refractivity contribution is -0.120. The van der Waals surface area contributed by atoms with E-state index in [1.54, 1.807) is 49.6 Å². The molecule has 7 heteroatoms. The van der Waals surface area contributed by atoms with E-state index in [0.29, 0.717) is 29.2 Å². The lowest BCUT2D eigenvalue weighted by Crippen LogP contribution is -2.34. The maximum atomic E-state index is 12.0. The summed E-state index contributed by atoms with van der Waals surface area (Å²) in [5.41, 5.74) is 3.50. The monoisotopic (exact) mass is 367 g/mol. The van der Waals surface area contributed by atoms with Crippen LogP contribution in [0.1, 0.15) is 15.9 Å². The molecule has 2 aromatic rings. The summed E-state index contributed by atoms with van der Waals surface area (Å²) >= 11 is 0. The molecule has 0 aliphatic rings. The fourth-order valence-corrected chi connectivity index (χ4v) is 2.09. The Morgan fingerprint density at radius 1 is 1.15 bits per heavy atom. The van der Waals surface area contributed by atoms with Crippen molar-refractivity contribution >= 4 is 18.0 Å². The molecule has 0 atom stereocenters. The first kappa shape index (κ1) is 19.7. The number of para-hydroxylation sites is 1. The fourth-order valence-electron chi connectivity index (χ4n) is 2.09. The second-order valence-electron chi connectivity index (χ2n) is 5.34. The van der Waals surface area contributed by atoms with Crippen molar-refractivity contribution in [1.29, 1.82) is 0 Å². The molecule has 0 radical (unpaired) electrons. The predicted molar refractivity (Wildman–Crippen MR) is 103 cm³/mol. The van der Waals surface area contributed by atoms with E-state index in [1.807, 2.05) is 12.1 Å². The number of rotatable bonds is 9. The molecule has 0 fully saturated rings. The second-order valence-corrected chi connectivity index (χ2v) is 5.34. The van der Waals surface area contributed by atoms with Gasteiger partial charge in [-0.1, -0.05) is 24.8 Å². The van der Waals surface area contributed by atoms with Gasteiger partial charge >= 0.3 is 0 Å². The van der Waals surface area contributed by atoms with Crippen LogP contribution in [-0.2, 0) is 4.79 Å². The van der Waals surface area contributed by atoms with E-state index in [1.165, 1.54) is 6.21 Å². The first-order valence-electron chi connectivity index (χ1n) is 8.21. The first-order chi connectivity index (χ1) is 13.1. The zero-order valence-electron chi connectivity index (χ0n) is 15.0. The summed E-state index contributed by atoms with van der Waals surface area (Å²) in [6.45, 7) is 3.77. The van der Waals surface area contributed by atoms with Crippen molar-refractivity contribution in [2.75, 3.05) is 20.3 Å². The van der Waals surface area contributed by atoms with Gasteiger partial charge < -0.3 is 14.8 Å². The highest BCUT2D eigenvalue weighted by Crippen LogP contribution is 2.15. The van der Waals surface area contributed by atoms with Crippen LogP contribution in [0.25, 0.3) is 0 Å². The van der Waals surface area contributed by atoms with Gasteiger partial charge in [0.2, 0.25) is 0 Å². The summed E-state index contributed by atoms with van der Waals surface area (Å²) in [6, 6.07) is 13.8. The Bertz CT molecular complexity index is 816. The molecule has 0 spiro atoms. The molecule has 0 saturated carbocycles. The van der Waals surface area contributed by atoms with Gasteiger partial charge in [-0.05, 0) is 36.4 Å². The average Bonchev–Trinajstić information content (AvgIpc) is 2.71. The molecular formula is C20H21N3O4. The number of hydrazone groups is 1. The summed E-state index contributed by atoms with van der Waals surface area (Å²) in [5.74, 6) is 0.469. The number of hydrogen-bond acceptors (Lipinski definition) is 5. The summed E-state index contributed by atoms with van der Waals surface area (Å²) in [6.07, 6.45) is 3.11. The van der Waals surface area contributed by atoms with E-state index in [-0.39, 0.29) is 12.5 Å². The van der Waals surface area contributed by atoms with Crippen molar-refractivity contribution in [2.45, 2.75) is 0 Å². The highest BCUT2D eigenvalue weighted by Gasteiger charge is 2.07. The van der Waals surface area contributed by atoms with Crippen LogP contribution in [0.3, 0.4) is 0 Å². The van der Waals surface area contributed by atoms with Gasteiger partial charge in [0, 0.05) is 11.1 Å². The van der Waals surface area contributed by atoms with E-state index < -0.39 is 5.91 Å². The van der Waals surface area contributed by atoms with Crippen molar-refractivity contribution in [3.8, 4) is 11.5 Å². The zero-order chi connectivity index (χ0) is 19.5. The lowest BCUT2D eigenvalue weighted by atomic mass is 10.2. The number of ether oxygens (including phenoxy) is 2. The van der Waals surface area contributed by atoms with Crippen molar-refractivity contribution < 1.29 is 19.1 Å². The van der Waals surface area contributed by atoms with E-state index >= 15 is 0 Å².